The molecule has 1 amide bonds. The summed E-state index contributed by atoms with van der Waals surface area (Å²) in [5.41, 5.74) is 1.04. The van der Waals surface area contributed by atoms with Gasteiger partial charge in [0.15, 0.2) is 0 Å². The maximum absolute atomic E-state index is 11.7. The van der Waals surface area contributed by atoms with Gasteiger partial charge in [-0.15, -0.1) is 0 Å². The number of ether oxygens (including phenoxy) is 2. The van der Waals surface area contributed by atoms with Crippen LogP contribution in [0.5, 0.6) is 5.75 Å². The first kappa shape index (κ1) is 16.1. The first-order chi connectivity index (χ1) is 10.2. The number of carbonyl (C=O) groups excluding carboxylic acids is 1. The Labute approximate surface area is 129 Å². The summed E-state index contributed by atoms with van der Waals surface area (Å²) < 4.78 is 10.9. The highest BCUT2D eigenvalue weighted by molar-refractivity contribution is 5.85. The van der Waals surface area contributed by atoms with Crippen molar-refractivity contribution >= 4 is 17.7 Å². The van der Waals surface area contributed by atoms with Crippen LogP contribution >= 0.6 is 0 Å². The number of nitrogens with one attached hydrogen (secondary N) is 1. The normalized spacial score (nSPS) is 17.1. The summed E-state index contributed by atoms with van der Waals surface area (Å²) in [6.45, 7) is 5.40. The van der Waals surface area contributed by atoms with E-state index in [9.17, 15) is 9.59 Å². The molecule has 0 fully saturated rings. The van der Waals surface area contributed by atoms with Gasteiger partial charge >= 0.3 is 12.1 Å². The molecule has 1 atom stereocenters. The number of rotatable bonds is 3. The third kappa shape index (κ3) is 4.65. The van der Waals surface area contributed by atoms with Crippen molar-refractivity contribution in [2.24, 2.45) is 0 Å². The van der Waals surface area contributed by atoms with Crippen molar-refractivity contribution in [1.82, 2.24) is 0 Å². The van der Waals surface area contributed by atoms with Crippen molar-refractivity contribution in [3.05, 3.63) is 23.8 Å². The van der Waals surface area contributed by atoms with E-state index in [1.165, 1.54) is 0 Å². The average molecular weight is 307 g/mol. The van der Waals surface area contributed by atoms with Crippen LogP contribution in [0.2, 0.25) is 0 Å². The molecule has 6 heteroatoms. The number of aryl methyl sites for hydroxylation is 1. The monoisotopic (exact) mass is 307 g/mol. The molecule has 0 radical (unpaired) electrons. The quantitative estimate of drug-likeness (QED) is 0.895. The molecule has 2 N–H and O–H groups in total. The van der Waals surface area contributed by atoms with Crippen LogP contribution in [-0.2, 0) is 16.0 Å². The second-order valence-electron chi connectivity index (χ2n) is 6.33. The summed E-state index contributed by atoms with van der Waals surface area (Å²) >= 11 is 0. The van der Waals surface area contributed by atoms with Crippen molar-refractivity contribution < 1.29 is 24.2 Å². The zero-order valence-electron chi connectivity index (χ0n) is 13.0. The Kier molecular flexibility index (Phi) is 4.59. The predicted molar refractivity (Wildman–Crippen MR) is 81.3 cm³/mol. The Bertz CT molecular complexity index is 576. The van der Waals surface area contributed by atoms with Gasteiger partial charge in [0.2, 0.25) is 0 Å². The fourth-order valence-corrected chi connectivity index (χ4v) is 2.28. The number of carboxylic acid groups (broad SMARTS) is 1. The zero-order chi connectivity index (χ0) is 16.3. The first-order valence-electron chi connectivity index (χ1n) is 7.24. The van der Waals surface area contributed by atoms with E-state index in [1.54, 1.807) is 32.9 Å². The van der Waals surface area contributed by atoms with E-state index in [0.717, 1.165) is 12.0 Å². The molecule has 1 aromatic rings. The van der Waals surface area contributed by atoms with Gasteiger partial charge in [0.05, 0.1) is 6.42 Å². The molecular weight excluding hydrogens is 286 g/mol. The van der Waals surface area contributed by atoms with Gasteiger partial charge in [0.25, 0.3) is 0 Å². The SMILES string of the molecule is CC(C)(C)OC(=O)Nc1ccc2c(c1)CCC(CC(=O)O)O2. The minimum atomic E-state index is -0.864. The van der Waals surface area contributed by atoms with Crippen molar-refractivity contribution in [1.29, 1.82) is 0 Å². The Balaban J connectivity index is 2.01. The second-order valence-corrected chi connectivity index (χ2v) is 6.33. The van der Waals surface area contributed by atoms with Crippen LogP contribution in [0.25, 0.3) is 0 Å². The molecule has 0 aromatic heterocycles. The predicted octanol–water partition coefficient (Wildman–Crippen LogP) is 3.20. The number of aliphatic carboxylic acids is 1. The topological polar surface area (TPSA) is 84.9 Å². The van der Waals surface area contributed by atoms with Gasteiger partial charge < -0.3 is 14.6 Å². The Morgan fingerprint density at radius 2 is 2.14 bits per heavy atom. The first-order valence-corrected chi connectivity index (χ1v) is 7.24. The molecule has 120 valence electrons. The Hall–Kier alpha value is -2.24. The fraction of sp³-hybridized carbons (Fsp3) is 0.500. The summed E-state index contributed by atoms with van der Waals surface area (Å²) in [4.78, 5) is 22.5. The number of carboxylic acids is 1. The van der Waals surface area contributed by atoms with Gasteiger partial charge in [-0.3, -0.25) is 10.1 Å². The van der Waals surface area contributed by atoms with Gasteiger partial charge in [-0.25, -0.2) is 4.79 Å². The van der Waals surface area contributed by atoms with Crippen molar-refractivity contribution in [3.8, 4) is 5.75 Å². The standard InChI is InChI=1S/C16H21NO5/c1-16(2,3)22-15(20)17-11-5-7-13-10(8-11)4-6-12(21-13)9-14(18)19/h5,7-8,12H,4,6,9H2,1-3H3,(H,17,20)(H,18,19). The highest BCUT2D eigenvalue weighted by atomic mass is 16.6. The molecule has 0 saturated carbocycles. The molecule has 1 aromatic carbocycles. The molecule has 0 aliphatic carbocycles. The Morgan fingerprint density at radius 3 is 2.77 bits per heavy atom. The second kappa shape index (κ2) is 6.25. The summed E-state index contributed by atoms with van der Waals surface area (Å²) in [6, 6.07) is 5.29. The molecule has 0 bridgehead atoms. The van der Waals surface area contributed by atoms with Gasteiger partial charge in [0.1, 0.15) is 17.5 Å². The molecular formula is C16H21NO5. The van der Waals surface area contributed by atoms with Crippen LogP contribution < -0.4 is 10.1 Å². The van der Waals surface area contributed by atoms with Crippen LogP contribution in [0.4, 0.5) is 10.5 Å². The van der Waals surface area contributed by atoms with Crippen LogP contribution in [0.3, 0.4) is 0 Å². The molecule has 1 aliphatic heterocycles. The molecule has 1 heterocycles. The molecule has 0 saturated heterocycles. The van der Waals surface area contributed by atoms with E-state index in [0.29, 0.717) is 17.9 Å². The Morgan fingerprint density at radius 1 is 1.41 bits per heavy atom. The number of fused-ring (bicyclic) bond motifs is 1. The zero-order valence-corrected chi connectivity index (χ0v) is 13.0. The largest absolute Gasteiger partial charge is 0.490 e. The van der Waals surface area contributed by atoms with E-state index in [2.05, 4.69) is 5.32 Å². The number of benzene rings is 1. The number of hydrogen-bond donors (Lipinski definition) is 2. The molecule has 22 heavy (non-hydrogen) atoms. The van der Waals surface area contributed by atoms with Crippen LogP contribution in [0.15, 0.2) is 18.2 Å². The number of anilines is 1. The lowest BCUT2D eigenvalue weighted by Gasteiger charge is -2.25. The summed E-state index contributed by atoms with van der Waals surface area (Å²) in [7, 11) is 0. The van der Waals surface area contributed by atoms with Crippen LogP contribution in [-0.4, -0.2) is 28.9 Å². The average Bonchev–Trinajstić information content (AvgIpc) is 2.35. The van der Waals surface area contributed by atoms with Crippen molar-refractivity contribution in [2.75, 3.05) is 5.32 Å². The van der Waals surface area contributed by atoms with Crippen molar-refractivity contribution in [3.63, 3.8) is 0 Å². The highest BCUT2D eigenvalue weighted by Gasteiger charge is 2.23. The van der Waals surface area contributed by atoms with Crippen LogP contribution in [0, 0.1) is 0 Å². The van der Waals surface area contributed by atoms with Gasteiger partial charge in [0, 0.05) is 5.69 Å². The minimum Gasteiger partial charge on any atom is -0.490 e. The third-order valence-electron chi connectivity index (χ3n) is 3.14. The summed E-state index contributed by atoms with van der Waals surface area (Å²) in [5, 5.41) is 11.5. The molecule has 1 unspecified atom stereocenters. The van der Waals surface area contributed by atoms with E-state index in [4.69, 9.17) is 14.6 Å². The smallest absolute Gasteiger partial charge is 0.412 e. The number of carbonyl (C=O) groups is 2. The fourth-order valence-electron chi connectivity index (χ4n) is 2.28. The van der Waals surface area contributed by atoms with E-state index >= 15 is 0 Å². The molecule has 6 nitrogen and oxygen atoms in total. The third-order valence-corrected chi connectivity index (χ3v) is 3.14. The van der Waals surface area contributed by atoms with E-state index in [1.807, 2.05) is 6.07 Å². The van der Waals surface area contributed by atoms with Gasteiger partial charge in [-0.05, 0) is 57.4 Å². The lowest BCUT2D eigenvalue weighted by molar-refractivity contribution is -0.139. The lowest BCUT2D eigenvalue weighted by atomic mass is 10.00. The van der Waals surface area contributed by atoms with Crippen molar-refractivity contribution in [2.45, 2.75) is 51.7 Å². The molecule has 2 rings (SSSR count). The molecule has 0 spiro atoms. The summed E-state index contributed by atoms with van der Waals surface area (Å²) in [6.07, 6.45) is 0.562. The molecule has 1 aliphatic rings. The van der Waals surface area contributed by atoms with Gasteiger partial charge in [-0.1, -0.05) is 0 Å². The maximum atomic E-state index is 11.7. The number of hydrogen-bond acceptors (Lipinski definition) is 4. The lowest BCUT2D eigenvalue weighted by Crippen LogP contribution is -2.27. The maximum Gasteiger partial charge on any atom is 0.412 e. The minimum absolute atomic E-state index is 0.00263. The van der Waals surface area contributed by atoms with Crippen LogP contribution in [0.1, 0.15) is 39.2 Å². The highest BCUT2D eigenvalue weighted by Crippen LogP contribution is 2.31. The van der Waals surface area contributed by atoms with Gasteiger partial charge in [-0.2, -0.15) is 0 Å². The van der Waals surface area contributed by atoms with E-state index < -0.39 is 17.7 Å². The number of amides is 1. The summed E-state index contributed by atoms with van der Waals surface area (Å²) in [5.74, 6) is -0.191. The van der Waals surface area contributed by atoms with E-state index in [-0.39, 0.29) is 12.5 Å².